The molecule has 0 saturated carbocycles. The van der Waals surface area contributed by atoms with Crippen molar-refractivity contribution >= 4 is 29.7 Å². The van der Waals surface area contributed by atoms with Crippen LogP contribution in [0.2, 0.25) is 0 Å². The predicted octanol–water partition coefficient (Wildman–Crippen LogP) is 7.30. The molecule has 1 aliphatic carbocycles. The number of hydrogen-bond donors (Lipinski definition) is 2. The average molecular weight is 671 g/mol. The monoisotopic (exact) mass is 670 g/mol. The van der Waals surface area contributed by atoms with Crippen LogP contribution in [0.1, 0.15) is 40.7 Å². The van der Waals surface area contributed by atoms with Crippen molar-refractivity contribution in [2.24, 2.45) is 0 Å². The molecular formula is C41H38N2O5S. The van der Waals surface area contributed by atoms with Crippen LogP contribution in [0.5, 0.6) is 0 Å². The van der Waals surface area contributed by atoms with E-state index in [0.717, 1.165) is 38.9 Å². The lowest BCUT2D eigenvalue weighted by molar-refractivity contribution is -0.143. The molecule has 248 valence electrons. The first kappa shape index (κ1) is 33.6. The molecule has 0 aliphatic heterocycles. The third-order valence-electron chi connectivity index (χ3n) is 8.67. The lowest BCUT2D eigenvalue weighted by atomic mass is 9.84. The molecular weight excluding hydrogens is 633 g/mol. The van der Waals surface area contributed by atoms with E-state index in [1.807, 2.05) is 78.9 Å². The molecule has 2 N–H and O–H groups in total. The fraction of sp³-hybridized carbons (Fsp3) is 0.195. The van der Waals surface area contributed by atoms with Crippen molar-refractivity contribution in [3.63, 3.8) is 0 Å². The average Bonchev–Trinajstić information content (AvgIpc) is 3.47. The van der Waals surface area contributed by atoms with Crippen LogP contribution in [0.3, 0.4) is 0 Å². The molecule has 0 radical (unpaired) electrons. The largest absolute Gasteiger partial charge is 0.465 e. The van der Waals surface area contributed by atoms with E-state index >= 15 is 0 Å². The second kappa shape index (κ2) is 15.7. The smallest absolute Gasteiger partial charge is 0.407 e. The summed E-state index contributed by atoms with van der Waals surface area (Å²) in [5.41, 5.74) is 7.48. The fourth-order valence-corrected chi connectivity index (χ4v) is 8.00. The standard InChI is InChI=1S/C41H38N2O5S/c1-2-47-38(44)26-42-39(45)37(43-40(46)48-27-36-34-24-14-12-22-32(34)33-23-13-15-25-35(33)36)28-49-41(29-16-6-3-7-17-29,30-18-8-4-9-19-30)31-20-10-5-11-21-31/h3-25,36-37H,2,26-28H2,1H3,(H,42,45)(H,43,46)/t37-/m0/s1. The highest BCUT2D eigenvalue weighted by atomic mass is 32.2. The maximum Gasteiger partial charge on any atom is 0.407 e. The predicted molar refractivity (Wildman–Crippen MR) is 193 cm³/mol. The van der Waals surface area contributed by atoms with Gasteiger partial charge in [0.25, 0.3) is 0 Å². The number of nitrogens with one attached hydrogen (secondary N) is 2. The van der Waals surface area contributed by atoms with E-state index < -0.39 is 28.8 Å². The van der Waals surface area contributed by atoms with Gasteiger partial charge in [0.05, 0.1) is 11.4 Å². The Morgan fingerprint density at radius 3 is 1.63 bits per heavy atom. The summed E-state index contributed by atoms with van der Waals surface area (Å²) in [6.45, 7) is 1.68. The second-order valence-electron chi connectivity index (χ2n) is 11.6. The minimum absolute atomic E-state index is 0.103. The zero-order chi connectivity index (χ0) is 34.1. The molecule has 0 fully saturated rings. The molecule has 0 aromatic heterocycles. The summed E-state index contributed by atoms with van der Waals surface area (Å²) in [6.07, 6.45) is -0.719. The first-order valence-corrected chi connectivity index (χ1v) is 17.3. The Balaban J connectivity index is 1.27. The highest BCUT2D eigenvalue weighted by Crippen LogP contribution is 2.49. The topological polar surface area (TPSA) is 93.7 Å². The molecule has 2 amide bonds. The SMILES string of the molecule is CCOC(=O)CNC(=O)[C@H](CSC(c1ccccc1)(c1ccccc1)c1ccccc1)NC(=O)OCC1c2ccccc2-c2ccccc21. The number of rotatable bonds is 13. The van der Waals surface area contributed by atoms with Crippen molar-refractivity contribution in [2.75, 3.05) is 25.5 Å². The molecule has 5 aromatic rings. The summed E-state index contributed by atoms with van der Waals surface area (Å²) in [6, 6.07) is 45.5. The summed E-state index contributed by atoms with van der Waals surface area (Å²) in [5, 5.41) is 5.48. The molecule has 5 aromatic carbocycles. The Labute approximate surface area is 291 Å². The normalized spacial score (nSPS) is 12.7. The Morgan fingerprint density at radius 2 is 1.14 bits per heavy atom. The molecule has 0 unspecified atom stereocenters. The third-order valence-corrected chi connectivity index (χ3v) is 10.3. The number of carbonyl (C=O) groups excluding carboxylic acids is 3. The fourth-order valence-electron chi connectivity index (χ4n) is 6.44. The van der Waals surface area contributed by atoms with E-state index in [1.165, 1.54) is 11.8 Å². The number of carbonyl (C=O) groups is 3. The minimum atomic E-state index is -1.04. The molecule has 0 bridgehead atoms. The Bertz CT molecular complexity index is 1740. The van der Waals surface area contributed by atoms with E-state index in [9.17, 15) is 14.4 Å². The number of thioether (sulfide) groups is 1. The highest BCUT2D eigenvalue weighted by molar-refractivity contribution is 8.00. The number of ether oxygens (including phenoxy) is 2. The van der Waals surface area contributed by atoms with Crippen LogP contribution in [0.25, 0.3) is 11.1 Å². The Hall–Kier alpha value is -5.34. The number of alkyl carbamates (subject to hydrolysis) is 1. The molecule has 6 rings (SSSR count). The van der Waals surface area contributed by atoms with Gasteiger partial charge in [-0.3, -0.25) is 9.59 Å². The van der Waals surface area contributed by atoms with Crippen LogP contribution in [-0.2, 0) is 23.8 Å². The van der Waals surface area contributed by atoms with Gasteiger partial charge in [-0.1, -0.05) is 140 Å². The number of amides is 2. The van der Waals surface area contributed by atoms with Crippen molar-refractivity contribution in [3.05, 3.63) is 167 Å². The zero-order valence-corrected chi connectivity index (χ0v) is 28.0. The quantitative estimate of drug-likeness (QED) is 0.101. The Morgan fingerprint density at radius 1 is 0.673 bits per heavy atom. The van der Waals surface area contributed by atoms with Crippen molar-refractivity contribution in [1.29, 1.82) is 0 Å². The summed E-state index contributed by atoms with van der Waals surface area (Å²) in [7, 11) is 0. The number of fused-ring (bicyclic) bond motifs is 3. The lowest BCUT2D eigenvalue weighted by Crippen LogP contribution is -2.50. The molecule has 8 heteroatoms. The first-order valence-electron chi connectivity index (χ1n) is 16.4. The van der Waals surface area contributed by atoms with Gasteiger partial charge in [-0.2, -0.15) is 0 Å². The maximum atomic E-state index is 13.7. The molecule has 49 heavy (non-hydrogen) atoms. The van der Waals surface area contributed by atoms with Crippen LogP contribution < -0.4 is 10.6 Å². The van der Waals surface area contributed by atoms with Crippen molar-refractivity contribution < 1.29 is 23.9 Å². The van der Waals surface area contributed by atoms with Gasteiger partial charge in [0, 0.05) is 11.7 Å². The van der Waals surface area contributed by atoms with Crippen molar-refractivity contribution in [2.45, 2.75) is 23.6 Å². The maximum absolute atomic E-state index is 13.7. The summed E-state index contributed by atoms with van der Waals surface area (Å²) in [4.78, 5) is 39.4. The summed E-state index contributed by atoms with van der Waals surface area (Å²) in [5.74, 6) is -1.05. The van der Waals surface area contributed by atoms with E-state index in [-0.39, 0.29) is 31.4 Å². The van der Waals surface area contributed by atoms with Gasteiger partial charge < -0.3 is 20.1 Å². The van der Waals surface area contributed by atoms with Gasteiger partial charge in [0.1, 0.15) is 19.2 Å². The molecule has 0 spiro atoms. The van der Waals surface area contributed by atoms with E-state index in [0.29, 0.717) is 0 Å². The molecule has 1 aliphatic rings. The molecule has 0 heterocycles. The summed E-state index contributed by atoms with van der Waals surface area (Å²) < 4.78 is 10.1. The van der Waals surface area contributed by atoms with Crippen LogP contribution in [-0.4, -0.2) is 49.5 Å². The van der Waals surface area contributed by atoms with Crippen molar-refractivity contribution in [3.8, 4) is 11.1 Å². The lowest BCUT2D eigenvalue weighted by Gasteiger charge is -2.36. The van der Waals surface area contributed by atoms with E-state index in [1.54, 1.807) is 6.92 Å². The van der Waals surface area contributed by atoms with Crippen LogP contribution in [0.4, 0.5) is 4.79 Å². The third kappa shape index (κ3) is 7.39. The second-order valence-corrected chi connectivity index (χ2v) is 12.9. The molecule has 1 atom stereocenters. The van der Waals surface area contributed by atoms with Crippen LogP contribution in [0.15, 0.2) is 140 Å². The molecule has 0 saturated heterocycles. The van der Waals surface area contributed by atoms with Gasteiger partial charge >= 0.3 is 12.1 Å². The Kier molecular flexibility index (Phi) is 10.8. The van der Waals surface area contributed by atoms with Gasteiger partial charge in [-0.05, 0) is 45.9 Å². The van der Waals surface area contributed by atoms with Gasteiger partial charge in [-0.15, -0.1) is 11.8 Å². The highest BCUT2D eigenvalue weighted by Gasteiger charge is 2.39. The summed E-state index contributed by atoms with van der Waals surface area (Å²) >= 11 is 1.53. The van der Waals surface area contributed by atoms with Crippen LogP contribution in [0, 0.1) is 0 Å². The van der Waals surface area contributed by atoms with Gasteiger partial charge in [0.15, 0.2) is 0 Å². The number of hydrogen-bond acceptors (Lipinski definition) is 6. The van der Waals surface area contributed by atoms with E-state index in [4.69, 9.17) is 9.47 Å². The number of benzene rings is 5. The first-order chi connectivity index (χ1) is 24.0. The minimum Gasteiger partial charge on any atom is -0.465 e. The van der Waals surface area contributed by atoms with E-state index in [2.05, 4.69) is 71.3 Å². The number of esters is 1. The molecule has 7 nitrogen and oxygen atoms in total. The van der Waals surface area contributed by atoms with Crippen molar-refractivity contribution in [1.82, 2.24) is 10.6 Å². The van der Waals surface area contributed by atoms with Crippen LogP contribution >= 0.6 is 11.8 Å². The zero-order valence-electron chi connectivity index (χ0n) is 27.2. The van der Waals surface area contributed by atoms with Gasteiger partial charge in [-0.25, -0.2) is 4.79 Å². The van der Waals surface area contributed by atoms with Gasteiger partial charge in [0.2, 0.25) is 5.91 Å².